The van der Waals surface area contributed by atoms with Crippen LogP contribution in [-0.4, -0.2) is 108 Å². The highest BCUT2D eigenvalue weighted by Gasteiger charge is 2.51. The molecular weight excluding hydrogens is 548 g/mol. The standard InChI is InChI=1S/C27H30O14/c1-9-19(33)21(35)22(36)27(38-9)41-26-20(34)16(8-28)40-25(23(26)37)18-13(31)6-12(30)17-14(32)7-15(39-24(17)18)10-2-4-11(29)5-3-10/h2-7,9,16,19-23,25-31,33-37H,8H2,1H3/t9-,16+,19-,20+,21+,22+,23-,25-,26-,27-/m0/s1. The molecule has 10 atom stereocenters. The van der Waals surface area contributed by atoms with Crippen LogP contribution in [0.4, 0.5) is 0 Å². The summed E-state index contributed by atoms with van der Waals surface area (Å²) in [6.45, 7) is 0.607. The number of rotatable bonds is 5. The van der Waals surface area contributed by atoms with Crippen LogP contribution in [0.2, 0.25) is 0 Å². The number of benzene rings is 2. The molecule has 0 bridgehead atoms. The van der Waals surface area contributed by atoms with Gasteiger partial charge in [-0.2, -0.15) is 0 Å². The molecule has 0 aliphatic carbocycles. The van der Waals surface area contributed by atoms with Gasteiger partial charge in [-0.15, -0.1) is 0 Å². The Hall–Kier alpha value is -3.31. The molecule has 2 aliphatic heterocycles. The van der Waals surface area contributed by atoms with E-state index in [1.165, 1.54) is 31.2 Å². The van der Waals surface area contributed by atoms with Crippen LogP contribution in [0.1, 0.15) is 18.6 Å². The molecule has 2 fully saturated rings. The van der Waals surface area contributed by atoms with Gasteiger partial charge in [0.15, 0.2) is 17.3 Å². The van der Waals surface area contributed by atoms with Gasteiger partial charge in [0.1, 0.15) is 77.2 Å². The largest absolute Gasteiger partial charge is 0.508 e. The third-order valence-corrected chi connectivity index (χ3v) is 7.40. The average molecular weight is 579 g/mol. The zero-order valence-electron chi connectivity index (χ0n) is 21.5. The maximum Gasteiger partial charge on any atom is 0.197 e. The maximum atomic E-state index is 13.1. The second-order valence-electron chi connectivity index (χ2n) is 10.1. The molecule has 3 heterocycles. The molecule has 2 saturated heterocycles. The minimum atomic E-state index is -1.87. The summed E-state index contributed by atoms with van der Waals surface area (Å²) in [5, 5.41) is 93.2. The molecule has 0 saturated carbocycles. The quantitative estimate of drug-likeness (QED) is 0.175. The van der Waals surface area contributed by atoms with Crippen molar-refractivity contribution in [1.29, 1.82) is 0 Å². The first kappa shape index (κ1) is 29.2. The van der Waals surface area contributed by atoms with Crippen LogP contribution < -0.4 is 5.43 Å². The zero-order valence-corrected chi connectivity index (χ0v) is 21.5. The first-order valence-electron chi connectivity index (χ1n) is 12.7. The minimum absolute atomic E-state index is 0.0224. The van der Waals surface area contributed by atoms with Crippen molar-refractivity contribution in [1.82, 2.24) is 0 Å². The fourth-order valence-corrected chi connectivity index (χ4v) is 5.13. The molecule has 1 aromatic heterocycles. The lowest BCUT2D eigenvalue weighted by Gasteiger charge is -2.46. The summed E-state index contributed by atoms with van der Waals surface area (Å²) in [7, 11) is 0. The van der Waals surface area contributed by atoms with Crippen LogP contribution in [0.25, 0.3) is 22.3 Å². The highest BCUT2D eigenvalue weighted by atomic mass is 16.7. The molecule has 2 aromatic carbocycles. The minimum Gasteiger partial charge on any atom is -0.508 e. The smallest absolute Gasteiger partial charge is 0.197 e. The normalized spacial score (nSPS) is 34.1. The summed E-state index contributed by atoms with van der Waals surface area (Å²) >= 11 is 0. The summed E-state index contributed by atoms with van der Waals surface area (Å²) < 4.78 is 22.7. The van der Waals surface area contributed by atoms with E-state index in [0.29, 0.717) is 5.56 Å². The van der Waals surface area contributed by atoms with Crippen molar-refractivity contribution in [2.45, 2.75) is 68.1 Å². The van der Waals surface area contributed by atoms with Crippen LogP contribution in [0.5, 0.6) is 17.2 Å². The summed E-state index contributed by atoms with van der Waals surface area (Å²) in [5.41, 5.74) is -1.07. The molecule has 0 unspecified atom stereocenters. The molecule has 0 spiro atoms. The number of hydrogen-bond donors (Lipinski definition) is 9. The predicted octanol–water partition coefficient (Wildman–Crippen LogP) is -1.06. The lowest BCUT2D eigenvalue weighted by molar-refractivity contribution is -0.338. The lowest BCUT2D eigenvalue weighted by Crippen LogP contribution is -2.62. The van der Waals surface area contributed by atoms with Crippen LogP contribution in [0.15, 0.2) is 45.6 Å². The van der Waals surface area contributed by atoms with Gasteiger partial charge in [0.05, 0.1) is 18.3 Å². The molecule has 41 heavy (non-hydrogen) atoms. The number of aromatic hydroxyl groups is 3. The Morgan fingerprint density at radius 2 is 1.51 bits per heavy atom. The van der Waals surface area contributed by atoms with Gasteiger partial charge < -0.3 is 64.6 Å². The molecule has 3 aromatic rings. The number of phenols is 3. The fourth-order valence-electron chi connectivity index (χ4n) is 5.13. The second-order valence-corrected chi connectivity index (χ2v) is 10.1. The summed E-state index contributed by atoms with van der Waals surface area (Å²) in [5.74, 6) is -1.37. The van der Waals surface area contributed by atoms with E-state index in [1.807, 2.05) is 0 Å². The van der Waals surface area contributed by atoms with E-state index in [9.17, 15) is 50.8 Å². The van der Waals surface area contributed by atoms with Crippen molar-refractivity contribution in [3.05, 3.63) is 52.2 Å². The third kappa shape index (κ3) is 5.14. The molecule has 2 aliphatic rings. The van der Waals surface area contributed by atoms with Crippen molar-refractivity contribution in [2.75, 3.05) is 6.61 Å². The topological polar surface area (TPSA) is 240 Å². The van der Waals surface area contributed by atoms with Gasteiger partial charge in [-0.05, 0) is 31.2 Å². The zero-order chi connectivity index (χ0) is 29.7. The monoisotopic (exact) mass is 578 g/mol. The fraction of sp³-hybridized carbons (Fsp3) is 0.444. The van der Waals surface area contributed by atoms with Gasteiger partial charge in [-0.3, -0.25) is 4.79 Å². The highest BCUT2D eigenvalue weighted by Crippen LogP contribution is 2.44. The Balaban J connectivity index is 1.60. The van der Waals surface area contributed by atoms with Gasteiger partial charge >= 0.3 is 0 Å². The number of aliphatic hydroxyl groups is 6. The Labute approximate surface area is 231 Å². The second kappa shape index (κ2) is 11.2. The van der Waals surface area contributed by atoms with E-state index in [1.54, 1.807) is 0 Å². The number of ether oxygens (including phenoxy) is 3. The van der Waals surface area contributed by atoms with Crippen LogP contribution >= 0.6 is 0 Å². The van der Waals surface area contributed by atoms with Gasteiger partial charge in [0, 0.05) is 17.7 Å². The molecular formula is C27H30O14. The molecule has 0 amide bonds. The van der Waals surface area contributed by atoms with Gasteiger partial charge in [0.2, 0.25) is 0 Å². The van der Waals surface area contributed by atoms with Crippen LogP contribution in [-0.2, 0) is 14.2 Å². The first-order valence-corrected chi connectivity index (χ1v) is 12.7. The molecule has 9 N–H and O–H groups in total. The van der Waals surface area contributed by atoms with Crippen LogP contribution in [0.3, 0.4) is 0 Å². The van der Waals surface area contributed by atoms with Crippen molar-refractivity contribution >= 4 is 11.0 Å². The van der Waals surface area contributed by atoms with E-state index < -0.39 is 84.8 Å². The average Bonchev–Trinajstić information content (AvgIpc) is 2.93. The third-order valence-electron chi connectivity index (χ3n) is 7.40. The molecule has 5 rings (SSSR count). The van der Waals surface area contributed by atoms with Crippen molar-refractivity contribution in [2.24, 2.45) is 0 Å². The van der Waals surface area contributed by atoms with Gasteiger partial charge in [-0.1, -0.05) is 0 Å². The van der Waals surface area contributed by atoms with E-state index in [0.717, 1.165) is 12.1 Å². The number of fused-ring (bicyclic) bond motifs is 1. The van der Waals surface area contributed by atoms with E-state index in [2.05, 4.69) is 0 Å². The SMILES string of the molecule is C[C@@H]1O[C@@H](O[C@@H]2[C@@H](O)[C@H](c3c(O)cc(O)c4c(=O)cc(-c5ccc(O)cc5)oc34)O[C@H](CO)[C@H]2O)[C@H](O)[C@H](O)[C@H]1O. The molecule has 0 radical (unpaired) electrons. The number of hydrogen-bond acceptors (Lipinski definition) is 14. The first-order chi connectivity index (χ1) is 19.4. The maximum absolute atomic E-state index is 13.1. The van der Waals surface area contributed by atoms with Crippen molar-refractivity contribution in [3.63, 3.8) is 0 Å². The van der Waals surface area contributed by atoms with E-state index in [-0.39, 0.29) is 28.0 Å². The molecule has 14 nitrogen and oxygen atoms in total. The van der Waals surface area contributed by atoms with Crippen LogP contribution in [0, 0.1) is 0 Å². The van der Waals surface area contributed by atoms with E-state index in [4.69, 9.17) is 18.6 Å². The summed E-state index contributed by atoms with van der Waals surface area (Å²) in [6, 6.07) is 7.54. The van der Waals surface area contributed by atoms with Crippen molar-refractivity contribution in [3.8, 4) is 28.6 Å². The summed E-state index contributed by atoms with van der Waals surface area (Å²) in [6.07, 6.45) is -15.9. The predicted molar refractivity (Wildman–Crippen MR) is 137 cm³/mol. The van der Waals surface area contributed by atoms with Gasteiger partial charge in [-0.25, -0.2) is 0 Å². The highest BCUT2D eigenvalue weighted by molar-refractivity contribution is 5.89. The lowest BCUT2D eigenvalue weighted by atomic mass is 9.89. The Kier molecular flexibility index (Phi) is 7.95. The number of aliphatic hydroxyl groups excluding tert-OH is 6. The Bertz CT molecular complexity index is 1460. The Morgan fingerprint density at radius 3 is 2.17 bits per heavy atom. The number of phenolic OH excluding ortho intramolecular Hbond substituents is 3. The molecule has 222 valence electrons. The summed E-state index contributed by atoms with van der Waals surface area (Å²) in [4.78, 5) is 13.1. The Morgan fingerprint density at radius 1 is 0.829 bits per heavy atom. The van der Waals surface area contributed by atoms with E-state index >= 15 is 0 Å². The van der Waals surface area contributed by atoms with Gasteiger partial charge in [0.25, 0.3) is 0 Å². The van der Waals surface area contributed by atoms with Crippen molar-refractivity contribution < 1.29 is 64.6 Å². The molecule has 14 heteroatoms.